The standard InChI is InChI=1S/C23H24N6/c1-14-4-3-5-19(26-14)21-22(29-18-7-6-16(10-18)23(29)27-21)15-8-9-24-20(11-15)17-12-25-28(2)13-17/h3-5,8-9,11-13,16,18,23,27H,6-7,10H2,1-2H3. The van der Waals surface area contributed by atoms with Crippen LogP contribution in [0.2, 0.25) is 0 Å². The average molecular weight is 384 g/mol. The average Bonchev–Trinajstić information content (AvgIpc) is 3.49. The molecule has 1 saturated carbocycles. The lowest BCUT2D eigenvalue weighted by Crippen LogP contribution is -2.41. The molecule has 6 nitrogen and oxygen atoms in total. The molecule has 6 rings (SSSR count). The Labute approximate surface area is 170 Å². The van der Waals surface area contributed by atoms with Crippen molar-refractivity contribution >= 4 is 11.4 Å². The van der Waals surface area contributed by atoms with Crippen LogP contribution in [0.1, 0.15) is 36.2 Å². The number of nitrogens with zero attached hydrogens (tertiary/aromatic N) is 5. The molecule has 0 radical (unpaired) electrons. The zero-order chi connectivity index (χ0) is 19.5. The molecule has 2 fully saturated rings. The number of aryl methyl sites for hydroxylation is 2. The van der Waals surface area contributed by atoms with E-state index in [1.54, 1.807) is 0 Å². The van der Waals surface area contributed by atoms with Gasteiger partial charge in [-0.15, -0.1) is 0 Å². The topological polar surface area (TPSA) is 58.9 Å². The maximum atomic E-state index is 4.84. The summed E-state index contributed by atoms with van der Waals surface area (Å²) in [4.78, 5) is 12.1. The molecule has 5 heterocycles. The first-order valence-corrected chi connectivity index (χ1v) is 10.4. The molecule has 3 aromatic rings. The van der Waals surface area contributed by atoms with Gasteiger partial charge in [-0.3, -0.25) is 14.6 Å². The van der Waals surface area contributed by atoms with Crippen molar-refractivity contribution in [2.24, 2.45) is 13.0 Å². The molecule has 2 bridgehead atoms. The van der Waals surface area contributed by atoms with Gasteiger partial charge >= 0.3 is 0 Å². The minimum Gasteiger partial charge on any atom is -0.361 e. The van der Waals surface area contributed by atoms with Crippen molar-refractivity contribution in [1.82, 2.24) is 30.0 Å². The largest absolute Gasteiger partial charge is 0.361 e. The van der Waals surface area contributed by atoms with Gasteiger partial charge in [0.2, 0.25) is 0 Å². The lowest BCUT2D eigenvalue weighted by Gasteiger charge is -2.33. The van der Waals surface area contributed by atoms with Gasteiger partial charge in [-0.1, -0.05) is 6.07 Å². The van der Waals surface area contributed by atoms with E-state index in [2.05, 4.69) is 57.6 Å². The van der Waals surface area contributed by atoms with Crippen LogP contribution in [0.3, 0.4) is 0 Å². The van der Waals surface area contributed by atoms with E-state index in [1.807, 2.05) is 30.3 Å². The molecule has 1 saturated heterocycles. The summed E-state index contributed by atoms with van der Waals surface area (Å²) in [6.45, 7) is 2.05. The van der Waals surface area contributed by atoms with E-state index in [-0.39, 0.29) is 0 Å². The maximum absolute atomic E-state index is 4.84. The highest BCUT2D eigenvalue weighted by atomic mass is 15.4. The Hall–Kier alpha value is -3.15. The molecule has 0 aromatic carbocycles. The number of fused-ring (bicyclic) bond motifs is 5. The Bertz CT molecular complexity index is 1130. The second-order valence-corrected chi connectivity index (χ2v) is 8.44. The van der Waals surface area contributed by atoms with Crippen LogP contribution in [0, 0.1) is 12.8 Å². The number of pyridine rings is 2. The van der Waals surface area contributed by atoms with Gasteiger partial charge in [0.15, 0.2) is 0 Å². The van der Waals surface area contributed by atoms with Gasteiger partial charge in [-0.05, 0) is 56.4 Å². The molecule has 6 heteroatoms. The molecule has 1 aliphatic carbocycles. The molecule has 1 N–H and O–H groups in total. The Balaban J connectivity index is 1.51. The van der Waals surface area contributed by atoms with E-state index in [0.717, 1.165) is 34.3 Å². The molecule has 3 aromatic heterocycles. The third-order valence-corrected chi connectivity index (χ3v) is 6.55. The summed E-state index contributed by atoms with van der Waals surface area (Å²) in [5.74, 6) is 0.719. The van der Waals surface area contributed by atoms with Gasteiger partial charge in [-0.2, -0.15) is 5.10 Å². The number of piperidine rings is 1. The van der Waals surface area contributed by atoms with Crippen LogP contribution in [-0.4, -0.2) is 36.9 Å². The van der Waals surface area contributed by atoms with E-state index in [4.69, 9.17) is 4.98 Å². The predicted octanol–water partition coefficient (Wildman–Crippen LogP) is 3.42. The summed E-state index contributed by atoms with van der Waals surface area (Å²) in [5, 5.41) is 8.15. The molecular weight excluding hydrogens is 360 g/mol. The fourth-order valence-corrected chi connectivity index (χ4v) is 5.30. The number of hydrogen-bond donors (Lipinski definition) is 1. The summed E-state index contributed by atoms with van der Waals surface area (Å²) >= 11 is 0. The van der Waals surface area contributed by atoms with Gasteiger partial charge < -0.3 is 10.2 Å². The van der Waals surface area contributed by atoms with Crippen LogP contribution in [-0.2, 0) is 7.05 Å². The fraction of sp³-hybridized carbons (Fsp3) is 0.348. The molecule has 2 aliphatic heterocycles. The third kappa shape index (κ3) is 2.58. The first-order valence-electron chi connectivity index (χ1n) is 10.4. The molecule has 0 amide bonds. The normalized spacial score (nSPS) is 24.9. The summed E-state index contributed by atoms with van der Waals surface area (Å²) < 4.78 is 1.82. The minimum absolute atomic E-state index is 0.385. The highest BCUT2D eigenvalue weighted by molar-refractivity contribution is 5.91. The number of nitrogens with one attached hydrogen (secondary N) is 1. The Kier molecular flexibility index (Phi) is 3.57. The molecule has 3 aliphatic rings. The van der Waals surface area contributed by atoms with E-state index >= 15 is 0 Å². The van der Waals surface area contributed by atoms with E-state index < -0.39 is 0 Å². The van der Waals surface area contributed by atoms with Crippen molar-refractivity contribution in [3.05, 3.63) is 65.9 Å². The second kappa shape index (κ2) is 6.17. The predicted molar refractivity (Wildman–Crippen MR) is 112 cm³/mol. The van der Waals surface area contributed by atoms with Crippen LogP contribution in [0.4, 0.5) is 0 Å². The van der Waals surface area contributed by atoms with Crippen molar-refractivity contribution in [2.45, 2.75) is 38.4 Å². The molecule has 0 spiro atoms. The summed E-state index contributed by atoms with van der Waals surface area (Å²) in [6, 6.07) is 11.2. The summed E-state index contributed by atoms with van der Waals surface area (Å²) in [7, 11) is 1.93. The summed E-state index contributed by atoms with van der Waals surface area (Å²) in [5.41, 5.74) is 7.67. The number of hydrogen-bond acceptors (Lipinski definition) is 5. The quantitative estimate of drug-likeness (QED) is 0.750. The highest BCUT2D eigenvalue weighted by Crippen LogP contribution is 2.50. The first kappa shape index (κ1) is 16.8. The van der Waals surface area contributed by atoms with E-state index in [1.165, 1.54) is 30.5 Å². The van der Waals surface area contributed by atoms with E-state index in [9.17, 15) is 0 Å². The monoisotopic (exact) mass is 384 g/mol. The van der Waals surface area contributed by atoms with Crippen molar-refractivity contribution in [3.63, 3.8) is 0 Å². The fourth-order valence-electron chi connectivity index (χ4n) is 5.30. The number of rotatable bonds is 3. The lowest BCUT2D eigenvalue weighted by molar-refractivity contribution is 0.218. The van der Waals surface area contributed by atoms with Crippen molar-refractivity contribution in [1.29, 1.82) is 0 Å². The maximum Gasteiger partial charge on any atom is 0.102 e. The van der Waals surface area contributed by atoms with Crippen LogP contribution in [0.25, 0.3) is 22.7 Å². The molecule has 146 valence electrons. The van der Waals surface area contributed by atoms with Gasteiger partial charge in [0.1, 0.15) is 6.17 Å². The first-order chi connectivity index (χ1) is 14.2. The second-order valence-electron chi connectivity index (χ2n) is 8.44. The van der Waals surface area contributed by atoms with Gasteiger partial charge in [0.25, 0.3) is 0 Å². The van der Waals surface area contributed by atoms with Gasteiger partial charge in [-0.25, -0.2) is 0 Å². The van der Waals surface area contributed by atoms with E-state index in [0.29, 0.717) is 12.2 Å². The Morgan fingerprint density at radius 3 is 2.86 bits per heavy atom. The Morgan fingerprint density at radius 2 is 2.03 bits per heavy atom. The van der Waals surface area contributed by atoms with Crippen molar-refractivity contribution < 1.29 is 0 Å². The zero-order valence-corrected chi connectivity index (χ0v) is 16.7. The van der Waals surface area contributed by atoms with Gasteiger partial charge in [0.05, 0.1) is 29.0 Å². The minimum atomic E-state index is 0.385. The van der Waals surface area contributed by atoms with Crippen LogP contribution < -0.4 is 5.32 Å². The summed E-state index contributed by atoms with van der Waals surface area (Å²) in [6.07, 6.45) is 10.1. The van der Waals surface area contributed by atoms with Gasteiger partial charge in [0, 0.05) is 42.3 Å². The third-order valence-electron chi connectivity index (χ3n) is 6.55. The smallest absolute Gasteiger partial charge is 0.102 e. The molecule has 29 heavy (non-hydrogen) atoms. The molecule has 3 atom stereocenters. The van der Waals surface area contributed by atoms with Crippen molar-refractivity contribution in [2.75, 3.05) is 0 Å². The molecular formula is C23H24N6. The van der Waals surface area contributed by atoms with Crippen molar-refractivity contribution in [3.8, 4) is 11.3 Å². The highest BCUT2D eigenvalue weighted by Gasteiger charge is 2.51. The van der Waals surface area contributed by atoms with Crippen LogP contribution in [0.15, 0.2) is 48.9 Å². The molecule has 3 unspecified atom stereocenters. The lowest BCUT2D eigenvalue weighted by atomic mass is 10.0. The Morgan fingerprint density at radius 1 is 1.10 bits per heavy atom. The zero-order valence-electron chi connectivity index (χ0n) is 16.7. The number of aromatic nitrogens is 4. The SMILES string of the molecule is Cc1cccc(C2=C(c3ccnc(-c4cnn(C)c4)c3)N3C4CCC(C4)C3N2)n1. The van der Waals surface area contributed by atoms with Crippen LogP contribution >= 0.6 is 0 Å². The van der Waals surface area contributed by atoms with Crippen LogP contribution in [0.5, 0.6) is 0 Å².